The monoisotopic (exact) mass is 547 g/mol. The lowest BCUT2D eigenvalue weighted by Gasteiger charge is -2.19. The summed E-state index contributed by atoms with van der Waals surface area (Å²) in [5.74, 6) is 0.727. The number of nitrogens with zero attached hydrogens (tertiary/aromatic N) is 1. The first-order valence-electron chi connectivity index (χ1n) is 9.24. The number of aryl methyl sites for hydroxylation is 1. The van der Waals surface area contributed by atoms with Crippen molar-refractivity contribution in [2.45, 2.75) is 36.6 Å². The zero-order valence-electron chi connectivity index (χ0n) is 16.8. The summed E-state index contributed by atoms with van der Waals surface area (Å²) >= 11 is 6.00. The average Bonchev–Trinajstić information content (AvgIpc) is 3.42. The van der Waals surface area contributed by atoms with E-state index in [2.05, 4.69) is 27.8 Å². The van der Waals surface area contributed by atoms with E-state index in [-0.39, 0.29) is 29.4 Å². The van der Waals surface area contributed by atoms with Gasteiger partial charge in [-0.3, -0.25) is 4.99 Å². The number of hydrogen-bond donors (Lipinski definition) is 2. The maximum Gasteiger partial charge on any atom is 0.191 e. The predicted octanol–water partition coefficient (Wildman–Crippen LogP) is 4.07. The fourth-order valence-corrected chi connectivity index (χ4v) is 4.50. The van der Waals surface area contributed by atoms with Gasteiger partial charge in [-0.1, -0.05) is 35.9 Å². The van der Waals surface area contributed by atoms with E-state index in [0.717, 1.165) is 41.5 Å². The molecule has 0 atom stereocenters. The smallest absolute Gasteiger partial charge is 0.191 e. The second-order valence-electron chi connectivity index (χ2n) is 7.44. The van der Waals surface area contributed by atoms with Crippen molar-refractivity contribution in [3.05, 3.63) is 64.2 Å². The normalized spacial score (nSPS) is 15.4. The fourth-order valence-electron chi connectivity index (χ4n) is 3.42. The summed E-state index contributed by atoms with van der Waals surface area (Å²) in [4.78, 5) is 4.67. The lowest BCUT2D eigenvalue weighted by atomic mass is 9.96. The van der Waals surface area contributed by atoms with E-state index in [1.807, 2.05) is 31.2 Å². The molecule has 1 saturated carbocycles. The van der Waals surface area contributed by atoms with Crippen molar-refractivity contribution in [2.75, 3.05) is 19.8 Å². The molecule has 0 aromatic heterocycles. The highest BCUT2D eigenvalue weighted by atomic mass is 127. The van der Waals surface area contributed by atoms with E-state index in [9.17, 15) is 8.42 Å². The molecule has 1 aliphatic rings. The molecule has 0 bridgehead atoms. The molecule has 1 fully saturated rings. The van der Waals surface area contributed by atoms with Gasteiger partial charge in [0.1, 0.15) is 0 Å². The third-order valence-electron chi connectivity index (χ3n) is 5.23. The number of sulfone groups is 1. The van der Waals surface area contributed by atoms with Crippen LogP contribution in [0.5, 0.6) is 0 Å². The standard InChI is InChI=1S/C21H26ClN3O2S.HI/c1-15-12-16(4-9-19(15)28(3,26)27)13-24-20(23-2)25-14-21(10-11-21)17-5-7-18(22)8-6-17;/h4-9,12H,10-11,13-14H2,1-3H3,(H2,23,24,25);1H. The van der Waals surface area contributed by atoms with Crippen molar-refractivity contribution < 1.29 is 8.42 Å². The second kappa shape index (κ2) is 9.66. The van der Waals surface area contributed by atoms with E-state index in [0.29, 0.717) is 11.4 Å². The third kappa shape index (κ3) is 6.08. The second-order valence-corrected chi connectivity index (χ2v) is 9.86. The molecular formula is C21H27ClIN3O2S. The molecule has 0 radical (unpaired) electrons. The molecule has 5 nitrogen and oxygen atoms in total. The number of halogens is 2. The number of hydrogen-bond acceptors (Lipinski definition) is 3. The van der Waals surface area contributed by atoms with Crippen molar-refractivity contribution in [3.8, 4) is 0 Å². The minimum atomic E-state index is -3.20. The zero-order chi connectivity index (χ0) is 20.4. The Morgan fingerprint density at radius 1 is 1.14 bits per heavy atom. The first-order chi connectivity index (χ1) is 13.2. The third-order valence-corrected chi connectivity index (χ3v) is 6.74. The van der Waals surface area contributed by atoms with Crippen LogP contribution in [-0.4, -0.2) is 34.2 Å². The van der Waals surface area contributed by atoms with E-state index < -0.39 is 9.84 Å². The Hall–Kier alpha value is -1.32. The van der Waals surface area contributed by atoms with Gasteiger partial charge in [-0.2, -0.15) is 0 Å². The van der Waals surface area contributed by atoms with Crippen LogP contribution >= 0.6 is 35.6 Å². The highest BCUT2D eigenvalue weighted by Gasteiger charge is 2.44. The Kier molecular flexibility index (Phi) is 7.98. The zero-order valence-corrected chi connectivity index (χ0v) is 20.7. The number of rotatable bonds is 6. The molecule has 8 heteroatoms. The summed E-state index contributed by atoms with van der Waals surface area (Å²) in [6.07, 6.45) is 3.52. The van der Waals surface area contributed by atoms with Crippen molar-refractivity contribution in [1.29, 1.82) is 0 Å². The van der Waals surface area contributed by atoms with Gasteiger partial charge < -0.3 is 10.6 Å². The van der Waals surface area contributed by atoms with Gasteiger partial charge in [0, 0.05) is 36.8 Å². The van der Waals surface area contributed by atoms with Gasteiger partial charge in [-0.15, -0.1) is 24.0 Å². The first kappa shape index (κ1) is 24.0. The summed E-state index contributed by atoms with van der Waals surface area (Å²) in [5.41, 5.74) is 3.21. The predicted molar refractivity (Wildman–Crippen MR) is 130 cm³/mol. The van der Waals surface area contributed by atoms with E-state index in [1.165, 1.54) is 11.8 Å². The summed E-state index contributed by atoms with van der Waals surface area (Å²) in [7, 11) is -1.45. The van der Waals surface area contributed by atoms with Gasteiger partial charge in [0.05, 0.1) is 4.90 Å². The first-order valence-corrected chi connectivity index (χ1v) is 11.5. The molecule has 0 unspecified atom stereocenters. The molecule has 0 heterocycles. The molecule has 0 saturated heterocycles. The van der Waals surface area contributed by atoms with E-state index in [1.54, 1.807) is 13.1 Å². The van der Waals surface area contributed by atoms with Crippen molar-refractivity contribution in [3.63, 3.8) is 0 Å². The summed E-state index contributed by atoms with van der Waals surface area (Å²) < 4.78 is 23.5. The van der Waals surface area contributed by atoms with Crippen molar-refractivity contribution in [2.24, 2.45) is 4.99 Å². The Bertz CT molecular complexity index is 987. The molecule has 2 aromatic rings. The minimum absolute atomic E-state index is 0. The van der Waals surface area contributed by atoms with Crippen LogP contribution in [0.1, 0.15) is 29.5 Å². The molecule has 3 rings (SSSR count). The Balaban J connectivity index is 0.00000300. The molecule has 2 N–H and O–H groups in total. The Morgan fingerprint density at radius 3 is 2.31 bits per heavy atom. The van der Waals surface area contributed by atoms with Gasteiger partial charge in [-0.05, 0) is 54.7 Å². The van der Waals surface area contributed by atoms with Gasteiger partial charge in [0.15, 0.2) is 15.8 Å². The number of aliphatic imine (C=N–C) groups is 1. The van der Waals surface area contributed by atoms with Crippen LogP contribution in [0.4, 0.5) is 0 Å². The average molecular weight is 548 g/mol. The van der Waals surface area contributed by atoms with Gasteiger partial charge in [0.2, 0.25) is 0 Å². The highest BCUT2D eigenvalue weighted by molar-refractivity contribution is 14.0. The Morgan fingerprint density at radius 2 is 1.79 bits per heavy atom. The quantitative estimate of drug-likeness (QED) is 0.325. The maximum absolute atomic E-state index is 11.7. The molecular weight excluding hydrogens is 521 g/mol. The molecule has 1 aliphatic carbocycles. The van der Waals surface area contributed by atoms with Crippen LogP contribution in [0.15, 0.2) is 52.4 Å². The van der Waals surface area contributed by atoms with Gasteiger partial charge in [-0.25, -0.2) is 8.42 Å². The fraction of sp³-hybridized carbons (Fsp3) is 0.381. The number of nitrogens with one attached hydrogen (secondary N) is 2. The summed E-state index contributed by atoms with van der Waals surface area (Å²) in [5, 5.41) is 7.47. The molecule has 0 amide bonds. The maximum atomic E-state index is 11.7. The van der Waals surface area contributed by atoms with E-state index in [4.69, 9.17) is 11.6 Å². The lowest BCUT2D eigenvalue weighted by molar-refractivity contribution is 0.601. The van der Waals surface area contributed by atoms with Crippen LogP contribution in [0.2, 0.25) is 5.02 Å². The van der Waals surface area contributed by atoms with Crippen molar-refractivity contribution >= 4 is 51.4 Å². The van der Waals surface area contributed by atoms with Gasteiger partial charge >= 0.3 is 0 Å². The molecule has 2 aromatic carbocycles. The van der Waals surface area contributed by atoms with Gasteiger partial charge in [0.25, 0.3) is 0 Å². The van der Waals surface area contributed by atoms with Crippen LogP contribution < -0.4 is 10.6 Å². The largest absolute Gasteiger partial charge is 0.356 e. The van der Waals surface area contributed by atoms with Crippen molar-refractivity contribution in [1.82, 2.24) is 10.6 Å². The molecule has 158 valence electrons. The minimum Gasteiger partial charge on any atom is -0.356 e. The molecule has 29 heavy (non-hydrogen) atoms. The Labute approximate surface area is 195 Å². The SMILES string of the molecule is CN=C(NCc1ccc(S(C)(=O)=O)c(C)c1)NCC1(c2ccc(Cl)cc2)CC1.I. The molecule has 0 aliphatic heterocycles. The summed E-state index contributed by atoms with van der Waals surface area (Å²) in [6, 6.07) is 13.5. The number of benzene rings is 2. The van der Waals surface area contributed by atoms with E-state index >= 15 is 0 Å². The number of guanidine groups is 1. The highest BCUT2D eigenvalue weighted by Crippen LogP contribution is 2.47. The summed E-state index contributed by atoms with van der Waals surface area (Å²) in [6.45, 7) is 3.19. The lowest BCUT2D eigenvalue weighted by Crippen LogP contribution is -2.40. The van der Waals surface area contributed by atoms with Crippen LogP contribution in [0, 0.1) is 6.92 Å². The topological polar surface area (TPSA) is 70.6 Å². The van der Waals surface area contributed by atoms with Crippen LogP contribution in [0.25, 0.3) is 0 Å². The van der Waals surface area contributed by atoms with Crippen LogP contribution in [0.3, 0.4) is 0 Å². The molecule has 0 spiro atoms. The van der Waals surface area contributed by atoms with Crippen LogP contribution in [-0.2, 0) is 21.8 Å².